The Morgan fingerprint density at radius 3 is 2.55 bits per heavy atom. The smallest absolute Gasteiger partial charge is 0.323 e. The highest BCUT2D eigenvalue weighted by atomic mass is 32.1. The van der Waals surface area contributed by atoms with Crippen molar-refractivity contribution in [2.24, 2.45) is 0 Å². The summed E-state index contributed by atoms with van der Waals surface area (Å²) in [5, 5.41) is 8.90. The fourth-order valence-corrected chi connectivity index (χ4v) is 3.72. The molecule has 152 valence electrons. The number of rotatable bonds is 6. The van der Waals surface area contributed by atoms with Crippen LogP contribution in [0.2, 0.25) is 0 Å². The van der Waals surface area contributed by atoms with Crippen LogP contribution in [0.25, 0.3) is 10.2 Å². The van der Waals surface area contributed by atoms with Crippen molar-refractivity contribution in [1.82, 2.24) is 4.98 Å². The van der Waals surface area contributed by atoms with Gasteiger partial charge >= 0.3 is 6.03 Å². The number of hydrogen-bond donors (Lipinski definition) is 3. The van der Waals surface area contributed by atoms with Crippen LogP contribution in [0.1, 0.15) is 18.9 Å². The summed E-state index contributed by atoms with van der Waals surface area (Å²) < 4.78 is 11.3. The molecule has 0 fully saturated rings. The zero-order chi connectivity index (χ0) is 21.0. The maximum Gasteiger partial charge on any atom is 0.323 e. The first-order valence-electron chi connectivity index (χ1n) is 8.94. The standard InChI is InChI=1S/C20H22N4O4S/c1-5-17(25)23-20-24-18-11(2)8-12(9-16(18)29-20)21-19(26)22-14-7-6-13(27-3)10-15(14)28-4/h6-10H,5H2,1-4H3,(H2,21,22,26)(H,23,24,25). The Morgan fingerprint density at radius 1 is 1.07 bits per heavy atom. The summed E-state index contributed by atoms with van der Waals surface area (Å²) in [5.74, 6) is 1.03. The molecule has 0 aliphatic heterocycles. The molecule has 8 nitrogen and oxygen atoms in total. The molecule has 0 bridgehead atoms. The quantitative estimate of drug-likeness (QED) is 0.547. The Labute approximate surface area is 172 Å². The Kier molecular flexibility index (Phi) is 6.18. The number of amides is 3. The summed E-state index contributed by atoms with van der Waals surface area (Å²) in [5.41, 5.74) is 2.83. The number of aryl methyl sites for hydroxylation is 1. The predicted molar refractivity (Wildman–Crippen MR) is 115 cm³/mol. The topological polar surface area (TPSA) is 102 Å². The normalized spacial score (nSPS) is 10.5. The van der Waals surface area contributed by atoms with Crippen LogP contribution in [0.15, 0.2) is 30.3 Å². The molecule has 3 N–H and O–H groups in total. The lowest BCUT2D eigenvalue weighted by Crippen LogP contribution is -2.19. The van der Waals surface area contributed by atoms with Crippen molar-refractivity contribution in [3.63, 3.8) is 0 Å². The van der Waals surface area contributed by atoms with Crippen LogP contribution < -0.4 is 25.4 Å². The predicted octanol–water partition coefficient (Wildman–Crippen LogP) is 4.61. The van der Waals surface area contributed by atoms with Crippen LogP contribution in [0.5, 0.6) is 11.5 Å². The average Bonchev–Trinajstić information content (AvgIpc) is 3.10. The molecule has 1 aromatic heterocycles. The summed E-state index contributed by atoms with van der Waals surface area (Å²) in [6.45, 7) is 3.69. The van der Waals surface area contributed by atoms with E-state index in [0.717, 1.165) is 15.8 Å². The summed E-state index contributed by atoms with van der Waals surface area (Å²) in [4.78, 5) is 28.5. The van der Waals surface area contributed by atoms with Crippen LogP contribution in [-0.2, 0) is 4.79 Å². The number of carbonyl (C=O) groups is 2. The lowest BCUT2D eigenvalue weighted by atomic mass is 10.2. The van der Waals surface area contributed by atoms with Gasteiger partial charge in [0, 0.05) is 18.2 Å². The second-order valence-corrected chi connectivity index (χ2v) is 7.24. The van der Waals surface area contributed by atoms with Gasteiger partial charge in [0.05, 0.1) is 30.1 Å². The third-order valence-corrected chi connectivity index (χ3v) is 5.09. The van der Waals surface area contributed by atoms with Gasteiger partial charge in [0.25, 0.3) is 0 Å². The number of anilines is 3. The van der Waals surface area contributed by atoms with Crippen LogP contribution in [-0.4, -0.2) is 31.1 Å². The molecule has 0 spiro atoms. The molecule has 3 amide bonds. The van der Waals surface area contributed by atoms with Crippen LogP contribution in [0.3, 0.4) is 0 Å². The maximum absolute atomic E-state index is 12.5. The van der Waals surface area contributed by atoms with Gasteiger partial charge in [-0.15, -0.1) is 0 Å². The van der Waals surface area contributed by atoms with Gasteiger partial charge in [-0.05, 0) is 36.8 Å². The zero-order valence-corrected chi connectivity index (χ0v) is 17.4. The number of hydrogen-bond acceptors (Lipinski definition) is 6. The van der Waals surface area contributed by atoms with Crippen molar-refractivity contribution >= 4 is 50.0 Å². The molecule has 9 heteroatoms. The molecular weight excluding hydrogens is 392 g/mol. The third kappa shape index (κ3) is 4.75. The first-order chi connectivity index (χ1) is 13.9. The Morgan fingerprint density at radius 2 is 1.86 bits per heavy atom. The summed E-state index contributed by atoms with van der Waals surface area (Å²) in [7, 11) is 3.08. The van der Waals surface area contributed by atoms with Gasteiger partial charge in [0.15, 0.2) is 5.13 Å². The number of fused-ring (bicyclic) bond motifs is 1. The van der Waals surface area contributed by atoms with Crippen molar-refractivity contribution < 1.29 is 19.1 Å². The van der Waals surface area contributed by atoms with Gasteiger partial charge in [0.2, 0.25) is 5.91 Å². The van der Waals surface area contributed by atoms with E-state index in [1.807, 2.05) is 19.1 Å². The number of thiazole rings is 1. The molecule has 3 aromatic rings. The van der Waals surface area contributed by atoms with E-state index in [2.05, 4.69) is 20.9 Å². The molecule has 0 unspecified atom stereocenters. The number of nitrogens with zero attached hydrogens (tertiary/aromatic N) is 1. The van der Waals surface area contributed by atoms with Gasteiger partial charge in [-0.25, -0.2) is 9.78 Å². The molecule has 0 saturated carbocycles. The van der Waals surface area contributed by atoms with E-state index < -0.39 is 6.03 Å². The van der Waals surface area contributed by atoms with Crippen molar-refractivity contribution in [3.8, 4) is 11.5 Å². The minimum absolute atomic E-state index is 0.0899. The summed E-state index contributed by atoms with van der Waals surface area (Å²) >= 11 is 1.36. The minimum Gasteiger partial charge on any atom is -0.497 e. The Hall–Kier alpha value is -3.33. The number of urea groups is 1. The van der Waals surface area contributed by atoms with Gasteiger partial charge in [-0.1, -0.05) is 18.3 Å². The monoisotopic (exact) mass is 414 g/mol. The van der Waals surface area contributed by atoms with Gasteiger partial charge in [0.1, 0.15) is 11.5 Å². The van der Waals surface area contributed by atoms with E-state index in [1.165, 1.54) is 18.4 Å². The minimum atomic E-state index is -0.406. The van der Waals surface area contributed by atoms with Gasteiger partial charge < -0.3 is 25.4 Å². The highest BCUT2D eigenvalue weighted by molar-refractivity contribution is 7.22. The number of aromatic nitrogens is 1. The molecular formula is C20H22N4O4S. The largest absolute Gasteiger partial charge is 0.497 e. The van der Waals surface area contributed by atoms with Crippen molar-refractivity contribution in [1.29, 1.82) is 0 Å². The maximum atomic E-state index is 12.5. The fraction of sp³-hybridized carbons (Fsp3) is 0.250. The molecule has 2 aromatic carbocycles. The lowest BCUT2D eigenvalue weighted by Gasteiger charge is -2.12. The van der Waals surface area contributed by atoms with E-state index in [1.54, 1.807) is 32.2 Å². The number of carbonyl (C=O) groups excluding carboxylic acids is 2. The first-order valence-corrected chi connectivity index (χ1v) is 9.76. The number of benzene rings is 2. The number of ether oxygens (including phenoxy) is 2. The third-order valence-electron chi connectivity index (χ3n) is 4.17. The molecule has 0 aliphatic rings. The molecule has 0 atom stereocenters. The highest BCUT2D eigenvalue weighted by Crippen LogP contribution is 2.32. The Bertz CT molecular complexity index is 1060. The van der Waals surface area contributed by atoms with Crippen molar-refractivity contribution in [2.45, 2.75) is 20.3 Å². The SMILES string of the molecule is CCC(=O)Nc1nc2c(C)cc(NC(=O)Nc3ccc(OC)cc3OC)cc2s1. The van der Waals surface area contributed by atoms with E-state index in [-0.39, 0.29) is 5.91 Å². The molecule has 3 rings (SSSR count). The second-order valence-electron chi connectivity index (χ2n) is 6.21. The van der Waals surface area contributed by atoms with E-state index >= 15 is 0 Å². The molecule has 1 heterocycles. The molecule has 0 radical (unpaired) electrons. The van der Waals surface area contributed by atoms with Crippen LogP contribution in [0, 0.1) is 6.92 Å². The number of methoxy groups -OCH3 is 2. The second kappa shape index (κ2) is 8.78. The highest BCUT2D eigenvalue weighted by Gasteiger charge is 2.13. The lowest BCUT2D eigenvalue weighted by molar-refractivity contribution is -0.115. The van der Waals surface area contributed by atoms with Crippen molar-refractivity contribution in [2.75, 3.05) is 30.2 Å². The van der Waals surface area contributed by atoms with Gasteiger partial charge in [-0.2, -0.15) is 0 Å². The fourth-order valence-electron chi connectivity index (χ4n) is 2.72. The molecule has 0 aliphatic carbocycles. The summed E-state index contributed by atoms with van der Waals surface area (Å²) in [6, 6.07) is 8.38. The van der Waals surface area contributed by atoms with Gasteiger partial charge in [-0.3, -0.25) is 4.79 Å². The van der Waals surface area contributed by atoms with E-state index in [4.69, 9.17) is 9.47 Å². The summed E-state index contributed by atoms with van der Waals surface area (Å²) in [6.07, 6.45) is 0.386. The average molecular weight is 414 g/mol. The van der Waals surface area contributed by atoms with Crippen LogP contribution in [0.4, 0.5) is 21.3 Å². The zero-order valence-electron chi connectivity index (χ0n) is 16.6. The van der Waals surface area contributed by atoms with E-state index in [0.29, 0.717) is 34.4 Å². The first kappa shape index (κ1) is 20.4. The van der Waals surface area contributed by atoms with E-state index in [9.17, 15) is 9.59 Å². The van der Waals surface area contributed by atoms with Crippen molar-refractivity contribution in [3.05, 3.63) is 35.9 Å². The molecule has 0 saturated heterocycles. The van der Waals surface area contributed by atoms with Crippen LogP contribution >= 0.6 is 11.3 Å². The molecule has 29 heavy (non-hydrogen) atoms. The Balaban J connectivity index is 1.77. The number of nitrogens with one attached hydrogen (secondary N) is 3.